The molecule has 0 saturated heterocycles. The first-order valence-electron chi connectivity index (χ1n) is 9.14. The molecule has 0 heterocycles. The predicted molar refractivity (Wildman–Crippen MR) is 101 cm³/mol. The second-order valence-electron chi connectivity index (χ2n) is 6.96. The summed E-state index contributed by atoms with van der Waals surface area (Å²) in [4.78, 5) is 23.7. The lowest BCUT2D eigenvalue weighted by Crippen LogP contribution is -2.44. The lowest BCUT2D eigenvalue weighted by atomic mass is 9.89. The molecule has 2 N–H and O–H groups in total. The zero-order chi connectivity index (χ0) is 18.8. The van der Waals surface area contributed by atoms with Gasteiger partial charge in [0.1, 0.15) is 6.61 Å². The van der Waals surface area contributed by atoms with Crippen LogP contribution in [0.15, 0.2) is 60.7 Å². The first-order chi connectivity index (χ1) is 13.1. The molecule has 5 heteroatoms. The molecule has 2 aliphatic rings. The first-order valence-corrected chi connectivity index (χ1v) is 9.14. The minimum Gasteiger partial charge on any atom is -0.481 e. The summed E-state index contributed by atoms with van der Waals surface area (Å²) >= 11 is 0. The minimum absolute atomic E-state index is 0.00956. The number of nitrogens with one attached hydrogen (secondary N) is 1. The van der Waals surface area contributed by atoms with Gasteiger partial charge in [0, 0.05) is 12.0 Å². The Bertz CT molecular complexity index is 859. The van der Waals surface area contributed by atoms with Gasteiger partial charge in [-0.1, -0.05) is 60.7 Å². The van der Waals surface area contributed by atoms with Crippen LogP contribution in [0, 0.1) is 5.92 Å². The third-order valence-corrected chi connectivity index (χ3v) is 5.40. The van der Waals surface area contributed by atoms with Crippen LogP contribution in [0.1, 0.15) is 29.9 Å². The molecule has 2 atom stereocenters. The molecule has 138 valence electrons. The van der Waals surface area contributed by atoms with E-state index in [0.29, 0.717) is 12.8 Å². The van der Waals surface area contributed by atoms with Gasteiger partial charge in [-0.2, -0.15) is 0 Å². The molecule has 2 aromatic carbocycles. The van der Waals surface area contributed by atoms with E-state index in [9.17, 15) is 14.7 Å². The zero-order valence-electron chi connectivity index (χ0n) is 14.8. The Morgan fingerprint density at radius 3 is 2.19 bits per heavy atom. The number of hydrogen-bond donors (Lipinski definition) is 2. The fraction of sp³-hybridized carbons (Fsp3) is 0.273. The SMILES string of the molecule is O=C(N[C@@H]1CC=CC[C@@H]1C(=O)O)OCC1c2ccccc2-c2ccccc21. The molecule has 4 rings (SSSR count). The number of amides is 1. The molecule has 0 bridgehead atoms. The second-order valence-corrected chi connectivity index (χ2v) is 6.96. The van der Waals surface area contributed by atoms with Crippen LogP contribution in [0.5, 0.6) is 0 Å². The van der Waals surface area contributed by atoms with Gasteiger partial charge in [0.15, 0.2) is 0 Å². The summed E-state index contributed by atoms with van der Waals surface area (Å²) in [5.41, 5.74) is 4.64. The third-order valence-electron chi connectivity index (χ3n) is 5.40. The molecule has 0 spiro atoms. The summed E-state index contributed by atoms with van der Waals surface area (Å²) in [7, 11) is 0. The summed E-state index contributed by atoms with van der Waals surface area (Å²) < 4.78 is 5.50. The number of rotatable bonds is 4. The van der Waals surface area contributed by atoms with E-state index >= 15 is 0 Å². The molecule has 1 amide bonds. The number of ether oxygens (including phenoxy) is 1. The van der Waals surface area contributed by atoms with Gasteiger partial charge in [0.25, 0.3) is 0 Å². The topological polar surface area (TPSA) is 75.6 Å². The van der Waals surface area contributed by atoms with Gasteiger partial charge in [-0.05, 0) is 35.1 Å². The Balaban J connectivity index is 1.45. The number of alkyl carbamates (subject to hydrolysis) is 1. The predicted octanol–water partition coefficient (Wildman–Crippen LogP) is 3.94. The molecule has 2 aromatic rings. The van der Waals surface area contributed by atoms with Crippen molar-refractivity contribution in [3.05, 3.63) is 71.8 Å². The van der Waals surface area contributed by atoms with E-state index in [-0.39, 0.29) is 12.5 Å². The maximum Gasteiger partial charge on any atom is 0.407 e. The molecule has 0 fully saturated rings. The van der Waals surface area contributed by atoms with Gasteiger partial charge in [-0.25, -0.2) is 4.79 Å². The van der Waals surface area contributed by atoms with Crippen LogP contribution in [-0.2, 0) is 9.53 Å². The highest BCUT2D eigenvalue weighted by Gasteiger charge is 2.32. The van der Waals surface area contributed by atoms with E-state index in [1.54, 1.807) is 0 Å². The van der Waals surface area contributed by atoms with Crippen molar-refractivity contribution in [2.75, 3.05) is 6.61 Å². The van der Waals surface area contributed by atoms with E-state index in [4.69, 9.17) is 4.74 Å². The Morgan fingerprint density at radius 2 is 1.56 bits per heavy atom. The summed E-state index contributed by atoms with van der Waals surface area (Å²) in [6, 6.07) is 15.8. The number of benzene rings is 2. The smallest absolute Gasteiger partial charge is 0.407 e. The van der Waals surface area contributed by atoms with Crippen molar-refractivity contribution in [3.63, 3.8) is 0 Å². The van der Waals surface area contributed by atoms with Crippen molar-refractivity contribution in [1.82, 2.24) is 5.32 Å². The summed E-state index contributed by atoms with van der Waals surface area (Å²) in [5, 5.41) is 12.0. The van der Waals surface area contributed by atoms with Crippen molar-refractivity contribution < 1.29 is 19.4 Å². The summed E-state index contributed by atoms with van der Waals surface area (Å²) in [5.74, 6) is -1.52. The average Bonchev–Trinajstić information content (AvgIpc) is 3.00. The van der Waals surface area contributed by atoms with Crippen LogP contribution in [0.2, 0.25) is 0 Å². The largest absolute Gasteiger partial charge is 0.481 e. The first kappa shape index (κ1) is 17.3. The van der Waals surface area contributed by atoms with Crippen molar-refractivity contribution in [3.8, 4) is 11.1 Å². The number of allylic oxidation sites excluding steroid dienone is 1. The van der Waals surface area contributed by atoms with Crippen LogP contribution in [-0.4, -0.2) is 29.8 Å². The summed E-state index contributed by atoms with van der Waals surface area (Å²) in [6.45, 7) is 0.222. The molecule has 27 heavy (non-hydrogen) atoms. The maximum atomic E-state index is 12.3. The van der Waals surface area contributed by atoms with Crippen molar-refractivity contribution in [2.24, 2.45) is 5.92 Å². The monoisotopic (exact) mass is 363 g/mol. The van der Waals surface area contributed by atoms with Gasteiger partial charge >= 0.3 is 12.1 Å². The van der Waals surface area contributed by atoms with Crippen LogP contribution in [0.4, 0.5) is 4.79 Å². The van der Waals surface area contributed by atoms with Gasteiger partial charge in [0.2, 0.25) is 0 Å². The fourth-order valence-corrected chi connectivity index (χ4v) is 4.04. The number of fused-ring (bicyclic) bond motifs is 3. The zero-order valence-corrected chi connectivity index (χ0v) is 14.8. The van der Waals surface area contributed by atoms with E-state index in [1.807, 2.05) is 36.4 Å². The molecule has 5 nitrogen and oxygen atoms in total. The van der Waals surface area contributed by atoms with Crippen LogP contribution >= 0.6 is 0 Å². The molecule has 0 saturated carbocycles. The number of carboxylic acids is 1. The van der Waals surface area contributed by atoms with Gasteiger partial charge in [-0.15, -0.1) is 0 Å². The van der Waals surface area contributed by atoms with Crippen molar-refractivity contribution in [1.29, 1.82) is 0 Å². The van der Waals surface area contributed by atoms with Gasteiger partial charge in [0.05, 0.1) is 5.92 Å². The van der Waals surface area contributed by atoms with Gasteiger partial charge in [-0.3, -0.25) is 4.79 Å². The third kappa shape index (κ3) is 3.33. The van der Waals surface area contributed by atoms with E-state index in [2.05, 4.69) is 29.6 Å². The standard InChI is InChI=1S/C22H21NO4/c24-21(25)18-11-5-6-12-20(18)23-22(26)27-13-19-16-9-3-1-7-14(16)15-8-2-4-10-17(15)19/h1-10,18-20H,11-13H2,(H,23,26)(H,24,25)/t18-,20+/m0/s1. The van der Waals surface area contributed by atoms with Crippen molar-refractivity contribution in [2.45, 2.75) is 24.8 Å². The molecule has 2 aliphatic carbocycles. The Morgan fingerprint density at radius 1 is 0.963 bits per heavy atom. The number of aliphatic carboxylic acids is 1. The number of carbonyl (C=O) groups is 2. The van der Waals surface area contributed by atoms with E-state index in [0.717, 1.165) is 11.1 Å². The lowest BCUT2D eigenvalue weighted by molar-refractivity contribution is -0.142. The highest BCUT2D eigenvalue weighted by Crippen LogP contribution is 2.44. The molecular weight excluding hydrogens is 342 g/mol. The Kier molecular flexibility index (Phi) is 4.67. The number of carboxylic acid groups (broad SMARTS) is 1. The summed E-state index contributed by atoms with van der Waals surface area (Å²) in [6.07, 6.45) is 4.09. The van der Waals surface area contributed by atoms with E-state index in [1.165, 1.54) is 11.1 Å². The molecule has 0 aliphatic heterocycles. The Hall–Kier alpha value is -3.08. The van der Waals surface area contributed by atoms with Crippen molar-refractivity contribution >= 4 is 12.1 Å². The normalized spacial score (nSPS) is 20.6. The number of hydrogen-bond acceptors (Lipinski definition) is 3. The van der Waals surface area contributed by atoms with Crippen LogP contribution in [0.3, 0.4) is 0 Å². The maximum absolute atomic E-state index is 12.3. The second kappa shape index (κ2) is 7.27. The molecule has 0 radical (unpaired) electrons. The minimum atomic E-state index is -0.900. The van der Waals surface area contributed by atoms with Crippen LogP contribution in [0.25, 0.3) is 11.1 Å². The fourth-order valence-electron chi connectivity index (χ4n) is 4.04. The van der Waals surface area contributed by atoms with E-state index < -0.39 is 24.0 Å². The highest BCUT2D eigenvalue weighted by atomic mass is 16.5. The molecule has 0 aromatic heterocycles. The molecular formula is C22H21NO4. The Labute approximate surface area is 157 Å². The average molecular weight is 363 g/mol. The quantitative estimate of drug-likeness (QED) is 0.807. The van der Waals surface area contributed by atoms with Crippen LogP contribution < -0.4 is 5.32 Å². The highest BCUT2D eigenvalue weighted by molar-refractivity contribution is 5.79. The van der Waals surface area contributed by atoms with Gasteiger partial charge < -0.3 is 15.2 Å². The number of carbonyl (C=O) groups excluding carboxylic acids is 1. The molecule has 0 unspecified atom stereocenters. The lowest BCUT2D eigenvalue weighted by Gasteiger charge is -2.26.